The van der Waals surface area contributed by atoms with Gasteiger partial charge in [0, 0.05) is 6.08 Å². The third kappa shape index (κ3) is 4.32. The summed E-state index contributed by atoms with van der Waals surface area (Å²) in [5, 5.41) is 0. The zero-order valence-electron chi connectivity index (χ0n) is 19.0. The minimum atomic E-state index is -0.302. The molecule has 1 aliphatic carbocycles. The number of rotatable bonds is 4. The van der Waals surface area contributed by atoms with Gasteiger partial charge in [-0.25, -0.2) is 4.79 Å². The van der Waals surface area contributed by atoms with Gasteiger partial charge in [0.1, 0.15) is 0 Å². The van der Waals surface area contributed by atoms with E-state index in [0.717, 1.165) is 5.56 Å². The molecule has 0 atom stereocenters. The van der Waals surface area contributed by atoms with E-state index >= 15 is 0 Å². The van der Waals surface area contributed by atoms with Crippen LogP contribution in [-0.4, -0.2) is 12.6 Å². The van der Waals surface area contributed by atoms with Crippen LogP contribution in [0, 0.1) is 13.8 Å². The van der Waals surface area contributed by atoms with Crippen molar-refractivity contribution in [3.63, 3.8) is 0 Å². The molecule has 1 aliphatic rings. The predicted molar refractivity (Wildman–Crippen MR) is 122 cm³/mol. The molecular formula is C27H34O2. The smallest absolute Gasteiger partial charge is 0.330 e. The maximum atomic E-state index is 11.7. The minimum absolute atomic E-state index is 0.183. The fourth-order valence-corrected chi connectivity index (χ4v) is 4.40. The molecule has 2 aromatic rings. The molecule has 0 spiro atoms. The number of aryl methyl sites for hydroxylation is 2. The number of carbonyl (C=O) groups is 1. The van der Waals surface area contributed by atoms with Crippen LogP contribution in [0.15, 0.2) is 36.4 Å². The van der Waals surface area contributed by atoms with Gasteiger partial charge in [-0.05, 0) is 95.5 Å². The van der Waals surface area contributed by atoms with Crippen molar-refractivity contribution < 1.29 is 9.53 Å². The lowest BCUT2D eigenvalue weighted by Gasteiger charge is -2.42. The summed E-state index contributed by atoms with van der Waals surface area (Å²) in [6.07, 6.45) is 5.76. The number of benzene rings is 2. The average Bonchev–Trinajstić information content (AvgIpc) is 2.65. The molecule has 0 radical (unpaired) electrons. The third-order valence-corrected chi connectivity index (χ3v) is 6.45. The summed E-state index contributed by atoms with van der Waals surface area (Å²) in [6, 6.07) is 11.2. The van der Waals surface area contributed by atoms with E-state index in [-0.39, 0.29) is 16.8 Å². The topological polar surface area (TPSA) is 26.3 Å². The molecule has 0 fully saturated rings. The Kier molecular flexibility index (Phi) is 5.76. The molecule has 0 heterocycles. The highest BCUT2D eigenvalue weighted by Crippen LogP contribution is 2.47. The summed E-state index contributed by atoms with van der Waals surface area (Å²) >= 11 is 0. The number of hydrogen-bond donors (Lipinski definition) is 0. The second kappa shape index (κ2) is 7.82. The van der Waals surface area contributed by atoms with Gasteiger partial charge in [-0.3, -0.25) is 0 Å². The molecule has 2 heteroatoms. The van der Waals surface area contributed by atoms with Gasteiger partial charge in [0.05, 0.1) is 6.61 Å². The van der Waals surface area contributed by atoms with E-state index in [2.05, 4.69) is 71.9 Å². The highest BCUT2D eigenvalue weighted by molar-refractivity contribution is 5.87. The van der Waals surface area contributed by atoms with E-state index in [1.807, 2.05) is 13.0 Å². The first kappa shape index (κ1) is 21.4. The zero-order valence-corrected chi connectivity index (χ0v) is 19.0. The van der Waals surface area contributed by atoms with Crippen molar-refractivity contribution in [3.05, 3.63) is 64.2 Å². The van der Waals surface area contributed by atoms with Crippen LogP contribution in [-0.2, 0) is 20.4 Å². The van der Waals surface area contributed by atoms with Gasteiger partial charge in [-0.15, -0.1) is 0 Å². The quantitative estimate of drug-likeness (QED) is 0.419. The maximum absolute atomic E-state index is 11.7. The lowest BCUT2D eigenvalue weighted by molar-refractivity contribution is -0.137. The zero-order chi connectivity index (χ0) is 21.4. The van der Waals surface area contributed by atoms with Gasteiger partial charge < -0.3 is 4.74 Å². The first-order chi connectivity index (χ1) is 13.5. The Morgan fingerprint density at radius 1 is 0.931 bits per heavy atom. The summed E-state index contributed by atoms with van der Waals surface area (Å²) in [6.45, 7) is 16.0. The Morgan fingerprint density at radius 3 is 2.14 bits per heavy atom. The molecule has 29 heavy (non-hydrogen) atoms. The van der Waals surface area contributed by atoms with Crippen LogP contribution in [0.2, 0.25) is 0 Å². The van der Waals surface area contributed by atoms with Crippen LogP contribution >= 0.6 is 0 Å². The van der Waals surface area contributed by atoms with E-state index in [9.17, 15) is 4.79 Å². The fourth-order valence-electron chi connectivity index (χ4n) is 4.40. The number of carbonyl (C=O) groups excluding carboxylic acids is 1. The number of fused-ring (bicyclic) bond motifs is 1. The monoisotopic (exact) mass is 390 g/mol. The van der Waals surface area contributed by atoms with Gasteiger partial charge in [0.25, 0.3) is 0 Å². The average molecular weight is 391 g/mol. The van der Waals surface area contributed by atoms with Crippen LogP contribution in [0.25, 0.3) is 17.2 Å². The van der Waals surface area contributed by atoms with Crippen molar-refractivity contribution in [1.29, 1.82) is 0 Å². The van der Waals surface area contributed by atoms with Crippen LogP contribution in [0.3, 0.4) is 0 Å². The normalized spacial score (nSPS) is 17.2. The Morgan fingerprint density at radius 2 is 1.52 bits per heavy atom. The van der Waals surface area contributed by atoms with Crippen LogP contribution in [0.1, 0.15) is 75.3 Å². The van der Waals surface area contributed by atoms with E-state index < -0.39 is 0 Å². The maximum Gasteiger partial charge on any atom is 0.330 e. The Bertz CT molecular complexity index is 961. The van der Waals surface area contributed by atoms with Gasteiger partial charge in [-0.2, -0.15) is 0 Å². The van der Waals surface area contributed by atoms with Crippen molar-refractivity contribution >= 4 is 12.0 Å². The fraction of sp³-hybridized carbons (Fsp3) is 0.444. The van der Waals surface area contributed by atoms with E-state index in [1.165, 1.54) is 52.3 Å². The Balaban J connectivity index is 2.10. The Labute approximate surface area is 176 Å². The van der Waals surface area contributed by atoms with E-state index in [0.29, 0.717) is 6.61 Å². The molecule has 0 unspecified atom stereocenters. The van der Waals surface area contributed by atoms with Crippen molar-refractivity contribution in [2.45, 2.75) is 72.1 Å². The van der Waals surface area contributed by atoms with Crippen molar-refractivity contribution in [1.82, 2.24) is 0 Å². The predicted octanol–water partition coefficient (Wildman–Crippen LogP) is 6.90. The van der Waals surface area contributed by atoms with Crippen molar-refractivity contribution in [3.8, 4) is 11.1 Å². The number of ether oxygens (including phenoxy) is 1. The second-order valence-corrected chi connectivity index (χ2v) is 9.64. The largest absolute Gasteiger partial charge is 0.463 e. The summed E-state index contributed by atoms with van der Waals surface area (Å²) in [5.74, 6) is -0.302. The molecule has 0 saturated carbocycles. The summed E-state index contributed by atoms with van der Waals surface area (Å²) in [7, 11) is 0. The highest BCUT2D eigenvalue weighted by Gasteiger charge is 2.37. The van der Waals surface area contributed by atoms with E-state index in [1.54, 1.807) is 0 Å². The van der Waals surface area contributed by atoms with Crippen molar-refractivity contribution in [2.24, 2.45) is 0 Å². The van der Waals surface area contributed by atoms with Gasteiger partial charge in [-0.1, -0.05) is 52.0 Å². The lowest BCUT2D eigenvalue weighted by Crippen LogP contribution is -2.34. The molecule has 2 aromatic carbocycles. The number of hydrogen-bond acceptors (Lipinski definition) is 2. The van der Waals surface area contributed by atoms with E-state index in [4.69, 9.17) is 4.74 Å². The summed E-state index contributed by atoms with van der Waals surface area (Å²) < 4.78 is 5.00. The standard InChI is InChI=1S/C27H34O2/c1-8-29-25(28)12-11-20-10-9-18(2)21(16-20)22-17-24-23(15-19(22)3)26(4,5)13-14-27(24,6)7/h9-12,15-17H,8,13-14H2,1-7H3/b12-11+. The van der Waals surface area contributed by atoms with Crippen molar-refractivity contribution in [2.75, 3.05) is 6.61 Å². The van der Waals surface area contributed by atoms with Crippen LogP contribution in [0.4, 0.5) is 0 Å². The van der Waals surface area contributed by atoms with Gasteiger partial charge in [0.15, 0.2) is 0 Å². The first-order valence-electron chi connectivity index (χ1n) is 10.7. The molecule has 0 saturated heterocycles. The summed E-state index contributed by atoms with van der Waals surface area (Å²) in [4.78, 5) is 11.7. The molecule has 0 amide bonds. The first-order valence-corrected chi connectivity index (χ1v) is 10.7. The molecule has 0 aromatic heterocycles. The molecule has 0 aliphatic heterocycles. The molecule has 0 N–H and O–H groups in total. The highest BCUT2D eigenvalue weighted by atomic mass is 16.5. The van der Waals surface area contributed by atoms with Gasteiger partial charge in [0.2, 0.25) is 0 Å². The minimum Gasteiger partial charge on any atom is -0.463 e. The SMILES string of the molecule is CCOC(=O)/C=C/c1ccc(C)c(-c2cc3c(cc2C)C(C)(C)CCC3(C)C)c1. The van der Waals surface area contributed by atoms with Gasteiger partial charge >= 0.3 is 5.97 Å². The number of esters is 1. The van der Waals surface area contributed by atoms with Crippen LogP contribution < -0.4 is 0 Å². The molecule has 2 nitrogen and oxygen atoms in total. The second-order valence-electron chi connectivity index (χ2n) is 9.64. The van der Waals surface area contributed by atoms with Crippen LogP contribution in [0.5, 0.6) is 0 Å². The summed E-state index contributed by atoms with van der Waals surface area (Å²) in [5.41, 5.74) is 9.45. The third-order valence-electron chi connectivity index (χ3n) is 6.45. The molecule has 3 rings (SSSR count). The molecular weight excluding hydrogens is 356 g/mol. The molecule has 0 bridgehead atoms. The lowest BCUT2D eigenvalue weighted by atomic mass is 9.62. The Hall–Kier alpha value is -2.35. The molecule has 154 valence electrons.